The molecule has 1 aromatic carbocycles. The van der Waals surface area contributed by atoms with Gasteiger partial charge in [0.2, 0.25) is 0 Å². The third kappa shape index (κ3) is 2.25. The van der Waals surface area contributed by atoms with Crippen molar-refractivity contribution in [2.24, 2.45) is 0 Å². The number of imidazole rings is 1. The Labute approximate surface area is 131 Å². The number of aromatic nitrogens is 3. The predicted molar refractivity (Wildman–Crippen MR) is 87.7 cm³/mol. The fraction of sp³-hybridized carbons (Fsp3) is 0.0588. The standard InChI is InChI=1S/C17H13N3OS/c21-13-7-5-12(6-8-13)11-15-19-14-3-1-9-18-17(14)20(15)16-4-2-10-22-16/h1-10,21H,11H2. The summed E-state index contributed by atoms with van der Waals surface area (Å²) in [6, 6.07) is 15.2. The van der Waals surface area contributed by atoms with Crippen molar-refractivity contribution in [3.63, 3.8) is 0 Å². The van der Waals surface area contributed by atoms with Gasteiger partial charge < -0.3 is 5.11 Å². The van der Waals surface area contributed by atoms with Gasteiger partial charge in [-0.1, -0.05) is 12.1 Å². The van der Waals surface area contributed by atoms with E-state index in [0.717, 1.165) is 27.6 Å². The molecular formula is C17H13N3OS. The van der Waals surface area contributed by atoms with Crippen molar-refractivity contribution in [1.29, 1.82) is 0 Å². The van der Waals surface area contributed by atoms with Crippen LogP contribution in [0.4, 0.5) is 0 Å². The first kappa shape index (κ1) is 13.0. The molecule has 1 N–H and O–H groups in total. The van der Waals surface area contributed by atoms with Crippen LogP contribution in [0.5, 0.6) is 5.75 Å². The lowest BCUT2D eigenvalue weighted by atomic mass is 10.1. The molecule has 0 saturated heterocycles. The van der Waals surface area contributed by atoms with Gasteiger partial charge in [0.15, 0.2) is 5.65 Å². The number of hydrogen-bond acceptors (Lipinski definition) is 4. The zero-order valence-electron chi connectivity index (χ0n) is 11.7. The van der Waals surface area contributed by atoms with Crippen LogP contribution in [-0.4, -0.2) is 19.6 Å². The van der Waals surface area contributed by atoms with E-state index >= 15 is 0 Å². The largest absolute Gasteiger partial charge is 0.508 e. The molecular weight excluding hydrogens is 294 g/mol. The fourth-order valence-electron chi connectivity index (χ4n) is 2.50. The zero-order chi connectivity index (χ0) is 14.9. The van der Waals surface area contributed by atoms with E-state index in [1.807, 2.05) is 30.3 Å². The first-order chi connectivity index (χ1) is 10.8. The number of nitrogens with zero attached hydrogens (tertiary/aromatic N) is 3. The normalized spacial score (nSPS) is 11.1. The molecule has 0 amide bonds. The average molecular weight is 307 g/mol. The summed E-state index contributed by atoms with van der Waals surface area (Å²) in [5, 5.41) is 12.6. The molecule has 4 rings (SSSR count). The van der Waals surface area contributed by atoms with Crippen LogP contribution in [0.3, 0.4) is 0 Å². The zero-order valence-corrected chi connectivity index (χ0v) is 12.5. The van der Waals surface area contributed by atoms with Gasteiger partial charge >= 0.3 is 0 Å². The van der Waals surface area contributed by atoms with Crippen molar-refractivity contribution in [2.75, 3.05) is 0 Å². The van der Waals surface area contributed by atoms with E-state index in [1.54, 1.807) is 29.7 Å². The number of phenolic OH excluding ortho intramolecular Hbond substituents is 1. The number of rotatable bonds is 3. The van der Waals surface area contributed by atoms with Gasteiger partial charge in [-0.25, -0.2) is 9.97 Å². The molecule has 0 saturated carbocycles. The first-order valence-corrected chi connectivity index (χ1v) is 7.83. The Morgan fingerprint density at radius 1 is 1.05 bits per heavy atom. The minimum atomic E-state index is 0.275. The summed E-state index contributed by atoms with van der Waals surface area (Å²) >= 11 is 1.67. The highest BCUT2D eigenvalue weighted by atomic mass is 32.1. The van der Waals surface area contributed by atoms with Gasteiger partial charge in [0.05, 0.1) is 0 Å². The average Bonchev–Trinajstić information content (AvgIpc) is 3.16. The van der Waals surface area contributed by atoms with Crippen molar-refractivity contribution < 1.29 is 5.11 Å². The van der Waals surface area contributed by atoms with E-state index < -0.39 is 0 Å². The molecule has 0 radical (unpaired) electrons. The Balaban J connectivity index is 1.86. The molecule has 0 bridgehead atoms. The monoisotopic (exact) mass is 307 g/mol. The molecule has 5 heteroatoms. The maximum atomic E-state index is 9.41. The predicted octanol–water partition coefficient (Wildman–Crippen LogP) is 3.78. The second-order valence-electron chi connectivity index (χ2n) is 5.00. The molecule has 0 spiro atoms. The molecule has 0 atom stereocenters. The summed E-state index contributed by atoms with van der Waals surface area (Å²) in [5.74, 6) is 1.22. The van der Waals surface area contributed by atoms with Gasteiger partial charge in [-0.3, -0.25) is 4.57 Å². The Morgan fingerprint density at radius 3 is 2.68 bits per heavy atom. The third-order valence-electron chi connectivity index (χ3n) is 3.51. The van der Waals surface area contributed by atoms with Crippen LogP contribution in [0.25, 0.3) is 16.2 Å². The molecule has 0 unspecified atom stereocenters. The molecule has 3 aromatic heterocycles. The number of aromatic hydroxyl groups is 1. The van der Waals surface area contributed by atoms with Crippen molar-refractivity contribution in [3.8, 4) is 10.8 Å². The number of benzene rings is 1. The van der Waals surface area contributed by atoms with Crippen LogP contribution >= 0.6 is 11.3 Å². The summed E-state index contributed by atoms with van der Waals surface area (Å²) in [4.78, 5) is 9.21. The lowest BCUT2D eigenvalue weighted by Crippen LogP contribution is -2.01. The van der Waals surface area contributed by atoms with Crippen LogP contribution in [0.2, 0.25) is 0 Å². The number of fused-ring (bicyclic) bond motifs is 1. The molecule has 4 aromatic rings. The van der Waals surface area contributed by atoms with Crippen LogP contribution in [0.15, 0.2) is 60.1 Å². The van der Waals surface area contributed by atoms with Crippen molar-refractivity contribution in [3.05, 3.63) is 71.5 Å². The number of hydrogen-bond donors (Lipinski definition) is 1. The van der Waals surface area contributed by atoms with Gasteiger partial charge in [0.1, 0.15) is 22.1 Å². The van der Waals surface area contributed by atoms with Gasteiger partial charge in [0.25, 0.3) is 0 Å². The summed E-state index contributed by atoms with van der Waals surface area (Å²) in [5.41, 5.74) is 2.87. The molecule has 3 heterocycles. The number of phenols is 1. The smallest absolute Gasteiger partial charge is 0.165 e. The van der Waals surface area contributed by atoms with Crippen LogP contribution in [0, 0.1) is 0 Å². The van der Waals surface area contributed by atoms with Crippen LogP contribution in [-0.2, 0) is 6.42 Å². The van der Waals surface area contributed by atoms with Crippen molar-refractivity contribution in [2.45, 2.75) is 6.42 Å². The van der Waals surface area contributed by atoms with E-state index in [1.165, 1.54) is 0 Å². The highest BCUT2D eigenvalue weighted by Gasteiger charge is 2.14. The van der Waals surface area contributed by atoms with Gasteiger partial charge in [-0.2, -0.15) is 0 Å². The Kier molecular flexibility index (Phi) is 3.12. The lowest BCUT2D eigenvalue weighted by molar-refractivity contribution is 0.475. The molecule has 4 nitrogen and oxygen atoms in total. The van der Waals surface area contributed by atoms with Crippen LogP contribution < -0.4 is 0 Å². The molecule has 0 aliphatic carbocycles. The van der Waals surface area contributed by atoms with Gasteiger partial charge in [-0.05, 0) is 47.3 Å². The molecule has 0 fully saturated rings. The summed E-state index contributed by atoms with van der Waals surface area (Å²) < 4.78 is 2.10. The highest BCUT2D eigenvalue weighted by molar-refractivity contribution is 7.12. The quantitative estimate of drug-likeness (QED) is 0.626. The summed E-state index contributed by atoms with van der Waals surface area (Å²) in [6.07, 6.45) is 2.48. The lowest BCUT2D eigenvalue weighted by Gasteiger charge is -2.06. The molecule has 0 aliphatic heterocycles. The van der Waals surface area contributed by atoms with E-state index in [9.17, 15) is 5.11 Å². The second kappa shape index (κ2) is 5.27. The van der Waals surface area contributed by atoms with E-state index in [4.69, 9.17) is 4.98 Å². The van der Waals surface area contributed by atoms with Crippen LogP contribution in [0.1, 0.15) is 11.4 Å². The van der Waals surface area contributed by atoms with E-state index in [-0.39, 0.29) is 5.75 Å². The topological polar surface area (TPSA) is 50.9 Å². The first-order valence-electron chi connectivity index (χ1n) is 6.95. The van der Waals surface area contributed by atoms with E-state index in [0.29, 0.717) is 6.42 Å². The maximum absolute atomic E-state index is 9.41. The van der Waals surface area contributed by atoms with Crippen molar-refractivity contribution in [1.82, 2.24) is 14.5 Å². The fourth-order valence-corrected chi connectivity index (χ4v) is 3.25. The summed E-state index contributed by atoms with van der Waals surface area (Å²) in [6.45, 7) is 0. The Bertz CT molecular complexity index is 911. The summed E-state index contributed by atoms with van der Waals surface area (Å²) in [7, 11) is 0. The maximum Gasteiger partial charge on any atom is 0.165 e. The molecule has 0 aliphatic rings. The van der Waals surface area contributed by atoms with Crippen molar-refractivity contribution >= 4 is 22.5 Å². The molecule has 108 valence electrons. The van der Waals surface area contributed by atoms with E-state index in [2.05, 4.69) is 21.0 Å². The number of pyridine rings is 1. The van der Waals surface area contributed by atoms with Gasteiger partial charge in [0, 0.05) is 12.6 Å². The minimum absolute atomic E-state index is 0.275. The third-order valence-corrected chi connectivity index (χ3v) is 4.36. The SMILES string of the molecule is Oc1ccc(Cc2nc3cccnc3n2-c2cccs2)cc1. The molecule has 22 heavy (non-hydrogen) atoms. The number of thiophene rings is 1. The Morgan fingerprint density at radius 2 is 1.91 bits per heavy atom. The Hall–Kier alpha value is -2.66. The minimum Gasteiger partial charge on any atom is -0.508 e. The van der Waals surface area contributed by atoms with Gasteiger partial charge in [-0.15, -0.1) is 11.3 Å². The second-order valence-corrected chi connectivity index (χ2v) is 5.93. The highest BCUT2D eigenvalue weighted by Crippen LogP contribution is 2.25.